The largest absolute Gasteiger partial charge is 0.497 e. The van der Waals surface area contributed by atoms with Gasteiger partial charge in [0.05, 0.1) is 38.6 Å². The predicted octanol–water partition coefficient (Wildman–Crippen LogP) is 5.28. The number of nitrogens with one attached hydrogen (secondary N) is 1. The number of carbonyl (C=O) groups is 2. The van der Waals surface area contributed by atoms with E-state index < -0.39 is 0 Å². The summed E-state index contributed by atoms with van der Waals surface area (Å²) >= 11 is 1.41. The summed E-state index contributed by atoms with van der Waals surface area (Å²) in [6.07, 6.45) is 1.91. The molecule has 1 N–H and O–H groups in total. The zero-order valence-corrected chi connectivity index (χ0v) is 20.7. The Bertz CT molecular complexity index is 1240. The van der Waals surface area contributed by atoms with E-state index in [1.807, 2.05) is 36.4 Å². The van der Waals surface area contributed by atoms with Crippen LogP contribution in [-0.4, -0.2) is 50.5 Å². The molecule has 0 radical (unpaired) electrons. The Hall–Kier alpha value is -3.85. The molecule has 35 heavy (non-hydrogen) atoms. The summed E-state index contributed by atoms with van der Waals surface area (Å²) in [6.45, 7) is 2.95. The van der Waals surface area contributed by atoms with Gasteiger partial charge >= 0.3 is 6.09 Å². The molecule has 2 heterocycles. The highest BCUT2D eigenvalue weighted by Gasteiger charge is 2.30. The van der Waals surface area contributed by atoms with Gasteiger partial charge in [-0.05, 0) is 60.9 Å². The molecule has 4 rings (SSSR count). The molecule has 0 saturated carbocycles. The van der Waals surface area contributed by atoms with E-state index in [0.717, 1.165) is 21.8 Å². The monoisotopic (exact) mass is 493 g/mol. The van der Waals surface area contributed by atoms with Crippen LogP contribution in [0.15, 0.2) is 53.5 Å². The number of hydrogen-bond donors (Lipinski definition) is 1. The van der Waals surface area contributed by atoms with E-state index in [1.165, 1.54) is 11.3 Å². The Balaban J connectivity index is 1.68. The van der Waals surface area contributed by atoms with Crippen molar-refractivity contribution >= 4 is 40.2 Å². The van der Waals surface area contributed by atoms with Gasteiger partial charge in [0.25, 0.3) is 5.91 Å². The third kappa shape index (κ3) is 5.46. The van der Waals surface area contributed by atoms with Crippen LogP contribution < -0.4 is 14.8 Å². The molecule has 9 heteroatoms. The quantitative estimate of drug-likeness (QED) is 0.452. The maximum Gasteiger partial charge on any atom is 0.410 e. The van der Waals surface area contributed by atoms with E-state index in [2.05, 4.69) is 10.3 Å². The SMILES string of the molecule is CCOC(=O)N1CCc2c(sc(/N=C/c3ccc(OC)cc3)c2C(=O)Nc2ccccc2OC)C1. The average Bonchev–Trinajstić information content (AvgIpc) is 3.26. The molecule has 182 valence electrons. The molecule has 0 fully saturated rings. The first-order valence-electron chi connectivity index (χ1n) is 11.2. The van der Waals surface area contributed by atoms with Crippen molar-refractivity contribution in [2.24, 2.45) is 4.99 Å². The van der Waals surface area contributed by atoms with Crippen molar-refractivity contribution in [3.8, 4) is 11.5 Å². The highest BCUT2D eigenvalue weighted by atomic mass is 32.1. The fourth-order valence-corrected chi connectivity index (χ4v) is 5.05. The summed E-state index contributed by atoms with van der Waals surface area (Å²) in [6, 6.07) is 14.8. The van der Waals surface area contributed by atoms with Gasteiger partial charge in [-0.25, -0.2) is 9.79 Å². The smallest absolute Gasteiger partial charge is 0.410 e. The van der Waals surface area contributed by atoms with Gasteiger partial charge in [-0.15, -0.1) is 11.3 Å². The number of fused-ring (bicyclic) bond motifs is 1. The molecule has 0 spiro atoms. The minimum Gasteiger partial charge on any atom is -0.497 e. The molecular weight excluding hydrogens is 466 g/mol. The predicted molar refractivity (Wildman–Crippen MR) is 137 cm³/mol. The van der Waals surface area contributed by atoms with Crippen LogP contribution in [0.1, 0.15) is 33.3 Å². The molecule has 0 bridgehead atoms. The number of thiophene rings is 1. The van der Waals surface area contributed by atoms with Crippen LogP contribution in [0, 0.1) is 0 Å². The standard InChI is InChI=1S/C26H27N3O5S/c1-4-34-26(31)29-14-13-19-22(16-29)35-25(27-15-17-9-11-18(32-2)12-10-17)23(19)24(30)28-20-7-5-6-8-21(20)33-3/h5-12,15H,4,13-14,16H2,1-3H3,(H,28,30)/b27-15+. The summed E-state index contributed by atoms with van der Waals surface area (Å²) in [5.74, 6) is 1.06. The Kier molecular flexibility index (Phi) is 7.67. The lowest BCUT2D eigenvalue weighted by Crippen LogP contribution is -2.36. The van der Waals surface area contributed by atoms with E-state index in [0.29, 0.717) is 48.1 Å². The number of amides is 2. The molecule has 1 aliphatic heterocycles. The number of anilines is 1. The van der Waals surface area contributed by atoms with Crippen molar-refractivity contribution in [3.05, 3.63) is 70.1 Å². The number of methoxy groups -OCH3 is 2. The Morgan fingerprint density at radius 3 is 2.60 bits per heavy atom. The van der Waals surface area contributed by atoms with Crippen LogP contribution in [-0.2, 0) is 17.7 Å². The first kappa shape index (κ1) is 24.3. The van der Waals surface area contributed by atoms with Crippen molar-refractivity contribution < 1.29 is 23.8 Å². The van der Waals surface area contributed by atoms with Crippen molar-refractivity contribution in [2.75, 3.05) is 32.7 Å². The number of carbonyl (C=O) groups excluding carboxylic acids is 2. The maximum absolute atomic E-state index is 13.5. The molecule has 0 unspecified atom stereocenters. The zero-order chi connectivity index (χ0) is 24.8. The lowest BCUT2D eigenvalue weighted by atomic mass is 10.0. The van der Waals surface area contributed by atoms with Crippen LogP contribution in [0.4, 0.5) is 15.5 Å². The van der Waals surface area contributed by atoms with E-state index in [4.69, 9.17) is 14.2 Å². The molecule has 8 nitrogen and oxygen atoms in total. The third-order valence-corrected chi connectivity index (χ3v) is 6.72. The van der Waals surface area contributed by atoms with Gasteiger partial charge in [0.2, 0.25) is 0 Å². The van der Waals surface area contributed by atoms with Gasteiger partial charge in [0.15, 0.2) is 0 Å². The maximum atomic E-state index is 13.5. The van der Waals surface area contributed by atoms with Gasteiger partial charge in [-0.1, -0.05) is 12.1 Å². The van der Waals surface area contributed by atoms with E-state index in [-0.39, 0.29) is 12.0 Å². The Morgan fingerprint density at radius 2 is 1.89 bits per heavy atom. The third-order valence-electron chi connectivity index (χ3n) is 5.59. The summed E-state index contributed by atoms with van der Waals surface area (Å²) in [5.41, 5.74) is 2.88. The topological polar surface area (TPSA) is 89.5 Å². The zero-order valence-electron chi connectivity index (χ0n) is 19.9. The fraction of sp³-hybridized carbons (Fsp3) is 0.269. The second kappa shape index (κ2) is 11.1. The molecule has 3 aromatic rings. The van der Waals surface area contributed by atoms with Gasteiger partial charge in [-0.2, -0.15) is 0 Å². The second-order valence-electron chi connectivity index (χ2n) is 7.74. The summed E-state index contributed by atoms with van der Waals surface area (Å²) in [7, 11) is 3.18. The van der Waals surface area contributed by atoms with Crippen molar-refractivity contribution in [1.82, 2.24) is 4.90 Å². The minimum atomic E-state index is -0.352. The molecule has 2 amide bonds. The molecule has 0 atom stereocenters. The molecule has 2 aromatic carbocycles. The molecule has 1 aromatic heterocycles. The van der Waals surface area contributed by atoms with Crippen LogP contribution in [0.3, 0.4) is 0 Å². The highest BCUT2D eigenvalue weighted by molar-refractivity contribution is 7.16. The van der Waals surface area contributed by atoms with Gasteiger partial charge in [-0.3, -0.25) is 4.79 Å². The minimum absolute atomic E-state index is 0.265. The number of rotatable bonds is 7. The summed E-state index contributed by atoms with van der Waals surface area (Å²) in [5, 5.41) is 3.56. The van der Waals surface area contributed by atoms with Crippen molar-refractivity contribution in [1.29, 1.82) is 0 Å². The normalized spacial score (nSPS) is 12.8. The first-order valence-corrected chi connectivity index (χ1v) is 12.0. The first-order chi connectivity index (χ1) is 17.0. The van der Waals surface area contributed by atoms with Gasteiger partial charge in [0.1, 0.15) is 16.5 Å². The van der Waals surface area contributed by atoms with Gasteiger partial charge in [0, 0.05) is 17.6 Å². The summed E-state index contributed by atoms with van der Waals surface area (Å²) in [4.78, 5) is 33.0. The highest BCUT2D eigenvalue weighted by Crippen LogP contribution is 2.40. The van der Waals surface area contributed by atoms with E-state index in [1.54, 1.807) is 44.4 Å². The number of nitrogens with zero attached hydrogens (tertiary/aromatic N) is 2. The average molecular weight is 494 g/mol. The number of para-hydroxylation sites is 2. The van der Waals surface area contributed by atoms with Crippen LogP contribution in [0.25, 0.3) is 0 Å². The number of ether oxygens (including phenoxy) is 3. The fourth-order valence-electron chi connectivity index (χ4n) is 3.84. The Morgan fingerprint density at radius 1 is 1.11 bits per heavy atom. The summed E-state index contributed by atoms with van der Waals surface area (Å²) < 4.78 is 15.8. The lowest BCUT2D eigenvalue weighted by Gasteiger charge is -2.26. The molecule has 1 aliphatic rings. The second-order valence-corrected chi connectivity index (χ2v) is 8.82. The number of hydrogen-bond acceptors (Lipinski definition) is 7. The van der Waals surface area contributed by atoms with Crippen LogP contribution in [0.5, 0.6) is 11.5 Å². The number of benzene rings is 2. The van der Waals surface area contributed by atoms with Gasteiger partial charge < -0.3 is 24.4 Å². The van der Waals surface area contributed by atoms with Crippen LogP contribution in [0.2, 0.25) is 0 Å². The van der Waals surface area contributed by atoms with E-state index >= 15 is 0 Å². The molecule has 0 aliphatic carbocycles. The van der Waals surface area contributed by atoms with Crippen molar-refractivity contribution in [3.63, 3.8) is 0 Å². The number of aliphatic imine (C=N–C) groups is 1. The van der Waals surface area contributed by atoms with E-state index in [9.17, 15) is 9.59 Å². The molecule has 0 saturated heterocycles. The lowest BCUT2D eigenvalue weighted by molar-refractivity contribution is 0.102. The van der Waals surface area contributed by atoms with Crippen molar-refractivity contribution in [2.45, 2.75) is 19.9 Å². The molecular formula is C26H27N3O5S. The Labute approximate surface area is 208 Å². The van der Waals surface area contributed by atoms with Crippen LogP contribution >= 0.6 is 11.3 Å².